The third-order valence-electron chi connectivity index (χ3n) is 4.70. The fourth-order valence-corrected chi connectivity index (χ4v) is 4.12. The van der Waals surface area contributed by atoms with Gasteiger partial charge < -0.3 is 4.90 Å². The Hall–Kier alpha value is -2.97. The molecule has 3 rings (SSSR count). The second-order valence-corrected chi connectivity index (χ2v) is 9.15. The molecule has 158 valence electrons. The quantitative estimate of drug-likeness (QED) is 0.600. The summed E-state index contributed by atoms with van der Waals surface area (Å²) in [4.78, 5) is 14.9. The molecule has 0 radical (unpaired) electrons. The molecule has 0 saturated carbocycles. The summed E-state index contributed by atoms with van der Waals surface area (Å²) in [7, 11) is -1.93. The lowest BCUT2D eigenvalue weighted by Gasteiger charge is -2.26. The molecule has 1 heterocycles. The van der Waals surface area contributed by atoms with Crippen LogP contribution in [-0.4, -0.2) is 35.0 Å². The Balaban J connectivity index is 1.79. The Morgan fingerprint density at radius 1 is 1.10 bits per heavy atom. The average Bonchev–Trinajstić information content (AvgIpc) is 3.15. The van der Waals surface area contributed by atoms with E-state index >= 15 is 0 Å². The molecular formula is C22H26N4O3S. The van der Waals surface area contributed by atoms with Gasteiger partial charge in [0.25, 0.3) is 5.91 Å². The van der Waals surface area contributed by atoms with Crippen molar-refractivity contribution in [3.63, 3.8) is 0 Å². The third-order valence-corrected chi connectivity index (χ3v) is 6.09. The van der Waals surface area contributed by atoms with E-state index in [4.69, 9.17) is 0 Å². The Morgan fingerprint density at radius 2 is 1.83 bits per heavy atom. The molecular weight excluding hydrogens is 400 g/mol. The predicted octanol–water partition coefficient (Wildman–Crippen LogP) is 2.95. The Labute approximate surface area is 177 Å². The SMILES string of the molecule is CC(C)N(Cc1cnn(C)c1)C(=O)c1cccc(S(=O)(=O)NCc2ccccc2)c1. The number of carbonyl (C=O) groups is 1. The molecule has 0 aliphatic heterocycles. The first-order valence-corrected chi connectivity index (χ1v) is 11.2. The highest BCUT2D eigenvalue weighted by molar-refractivity contribution is 7.89. The number of sulfonamides is 1. The summed E-state index contributed by atoms with van der Waals surface area (Å²) < 4.78 is 29.7. The van der Waals surface area contributed by atoms with Gasteiger partial charge in [-0.1, -0.05) is 36.4 Å². The van der Waals surface area contributed by atoms with Crippen molar-refractivity contribution in [2.45, 2.75) is 37.9 Å². The summed E-state index contributed by atoms with van der Waals surface area (Å²) in [5, 5.41) is 4.14. The topological polar surface area (TPSA) is 84.3 Å². The molecule has 1 N–H and O–H groups in total. The van der Waals surface area contributed by atoms with Crippen LogP contribution in [0.4, 0.5) is 0 Å². The average molecular weight is 427 g/mol. The molecule has 7 nitrogen and oxygen atoms in total. The van der Waals surface area contributed by atoms with Gasteiger partial charge in [-0.3, -0.25) is 9.48 Å². The molecule has 1 aromatic heterocycles. The molecule has 3 aromatic rings. The van der Waals surface area contributed by atoms with Crippen LogP contribution in [-0.2, 0) is 30.2 Å². The highest BCUT2D eigenvalue weighted by Crippen LogP contribution is 2.17. The van der Waals surface area contributed by atoms with Gasteiger partial charge in [-0.05, 0) is 37.6 Å². The second-order valence-electron chi connectivity index (χ2n) is 7.39. The highest BCUT2D eigenvalue weighted by Gasteiger charge is 2.22. The monoisotopic (exact) mass is 426 g/mol. The van der Waals surface area contributed by atoms with Crippen molar-refractivity contribution in [1.82, 2.24) is 19.4 Å². The Bertz CT molecular complexity index is 1110. The van der Waals surface area contributed by atoms with Crippen LogP contribution in [0.25, 0.3) is 0 Å². The van der Waals surface area contributed by atoms with Crippen molar-refractivity contribution >= 4 is 15.9 Å². The maximum absolute atomic E-state index is 13.1. The first-order valence-electron chi connectivity index (χ1n) is 9.68. The van der Waals surface area contributed by atoms with Crippen molar-refractivity contribution in [3.8, 4) is 0 Å². The van der Waals surface area contributed by atoms with Gasteiger partial charge in [0, 0.05) is 43.5 Å². The van der Waals surface area contributed by atoms with E-state index < -0.39 is 10.0 Å². The lowest BCUT2D eigenvalue weighted by Crippen LogP contribution is -2.36. The van der Waals surface area contributed by atoms with Gasteiger partial charge in [-0.25, -0.2) is 13.1 Å². The molecule has 2 aromatic carbocycles. The van der Waals surface area contributed by atoms with E-state index in [1.165, 1.54) is 12.1 Å². The van der Waals surface area contributed by atoms with Gasteiger partial charge in [-0.2, -0.15) is 5.10 Å². The number of amides is 1. The number of carbonyl (C=O) groups excluding carboxylic acids is 1. The lowest BCUT2D eigenvalue weighted by atomic mass is 10.1. The summed E-state index contributed by atoms with van der Waals surface area (Å²) in [6, 6.07) is 15.4. The zero-order valence-electron chi connectivity index (χ0n) is 17.3. The van der Waals surface area contributed by atoms with E-state index in [9.17, 15) is 13.2 Å². The van der Waals surface area contributed by atoms with Crippen molar-refractivity contribution in [2.75, 3.05) is 0 Å². The highest BCUT2D eigenvalue weighted by atomic mass is 32.2. The van der Waals surface area contributed by atoms with Crippen LogP contribution in [0.3, 0.4) is 0 Å². The summed E-state index contributed by atoms with van der Waals surface area (Å²) in [5.41, 5.74) is 2.10. The first-order chi connectivity index (χ1) is 14.3. The van der Waals surface area contributed by atoms with Gasteiger partial charge in [0.1, 0.15) is 0 Å². The second kappa shape index (κ2) is 9.23. The molecule has 30 heavy (non-hydrogen) atoms. The van der Waals surface area contributed by atoms with E-state index in [0.29, 0.717) is 12.1 Å². The standard InChI is InChI=1S/C22H26N4O3S/c1-17(2)26(16-19-13-23-25(3)15-19)22(27)20-10-7-11-21(12-20)30(28,29)24-14-18-8-5-4-6-9-18/h4-13,15,17,24H,14,16H2,1-3H3. The Morgan fingerprint density at radius 3 is 2.47 bits per heavy atom. The van der Waals surface area contributed by atoms with Crippen LogP contribution in [0.1, 0.15) is 35.3 Å². The number of hydrogen-bond acceptors (Lipinski definition) is 4. The number of nitrogens with one attached hydrogen (secondary N) is 1. The first kappa shape index (κ1) is 21.7. The molecule has 0 aliphatic carbocycles. The minimum atomic E-state index is -3.75. The summed E-state index contributed by atoms with van der Waals surface area (Å²) in [5.74, 6) is -0.228. The van der Waals surface area contributed by atoms with Gasteiger partial charge >= 0.3 is 0 Å². The fraction of sp³-hybridized carbons (Fsp3) is 0.273. The van der Waals surface area contributed by atoms with Gasteiger partial charge in [0.05, 0.1) is 11.1 Å². The zero-order valence-corrected chi connectivity index (χ0v) is 18.1. The van der Waals surface area contributed by atoms with Crippen molar-refractivity contribution < 1.29 is 13.2 Å². The largest absolute Gasteiger partial charge is 0.332 e. The predicted molar refractivity (Wildman–Crippen MR) is 115 cm³/mol. The van der Waals surface area contributed by atoms with Crippen LogP contribution in [0.5, 0.6) is 0 Å². The third kappa shape index (κ3) is 5.34. The summed E-state index contributed by atoms with van der Waals surface area (Å²) >= 11 is 0. The van der Waals surface area contributed by atoms with Crippen molar-refractivity contribution in [2.24, 2.45) is 7.05 Å². The van der Waals surface area contributed by atoms with E-state index in [-0.39, 0.29) is 23.4 Å². The lowest BCUT2D eigenvalue weighted by molar-refractivity contribution is 0.0690. The Kier molecular flexibility index (Phi) is 6.69. The minimum absolute atomic E-state index is 0.0609. The van der Waals surface area contributed by atoms with Crippen LogP contribution in [0, 0.1) is 0 Å². The number of benzene rings is 2. The van der Waals surface area contributed by atoms with E-state index in [0.717, 1.165) is 11.1 Å². The van der Waals surface area contributed by atoms with Crippen LogP contribution >= 0.6 is 0 Å². The van der Waals surface area contributed by atoms with E-state index in [1.54, 1.807) is 27.9 Å². The number of aryl methyl sites for hydroxylation is 1. The van der Waals surface area contributed by atoms with Crippen LogP contribution in [0.15, 0.2) is 71.9 Å². The van der Waals surface area contributed by atoms with Crippen LogP contribution in [0.2, 0.25) is 0 Å². The minimum Gasteiger partial charge on any atom is -0.332 e. The van der Waals surface area contributed by atoms with E-state index in [1.807, 2.05) is 57.4 Å². The number of aromatic nitrogens is 2. The number of nitrogens with zero attached hydrogens (tertiary/aromatic N) is 3. The van der Waals surface area contributed by atoms with Crippen LogP contribution < -0.4 is 4.72 Å². The van der Waals surface area contributed by atoms with Gasteiger partial charge in [0.15, 0.2) is 0 Å². The van der Waals surface area contributed by atoms with Gasteiger partial charge in [-0.15, -0.1) is 0 Å². The molecule has 0 bridgehead atoms. The van der Waals surface area contributed by atoms with Gasteiger partial charge in [0.2, 0.25) is 10.0 Å². The zero-order chi connectivity index (χ0) is 21.7. The molecule has 0 atom stereocenters. The number of rotatable bonds is 8. The molecule has 0 unspecified atom stereocenters. The summed E-state index contributed by atoms with van der Waals surface area (Å²) in [6.45, 7) is 4.43. The molecule has 0 aliphatic rings. The normalized spacial score (nSPS) is 11.6. The maximum Gasteiger partial charge on any atom is 0.254 e. The smallest absolute Gasteiger partial charge is 0.254 e. The maximum atomic E-state index is 13.1. The van der Waals surface area contributed by atoms with Crippen molar-refractivity contribution in [1.29, 1.82) is 0 Å². The van der Waals surface area contributed by atoms with E-state index in [2.05, 4.69) is 9.82 Å². The molecule has 8 heteroatoms. The fourth-order valence-electron chi connectivity index (χ4n) is 3.06. The number of hydrogen-bond donors (Lipinski definition) is 1. The molecule has 0 fully saturated rings. The summed E-state index contributed by atoms with van der Waals surface area (Å²) in [6.07, 6.45) is 3.58. The molecule has 0 saturated heterocycles. The molecule has 0 spiro atoms. The molecule has 1 amide bonds. The van der Waals surface area contributed by atoms with Crippen molar-refractivity contribution in [3.05, 3.63) is 83.7 Å².